The Labute approximate surface area is 206 Å². The Morgan fingerprint density at radius 1 is 1.03 bits per heavy atom. The normalized spacial score (nSPS) is 14.4. The van der Waals surface area contributed by atoms with Gasteiger partial charge in [-0.25, -0.2) is 18.7 Å². The van der Waals surface area contributed by atoms with Crippen LogP contribution in [0.4, 0.5) is 14.7 Å². The monoisotopic (exact) mass is 480 g/mol. The number of rotatable bonds is 11. The molecule has 186 valence electrons. The summed E-state index contributed by atoms with van der Waals surface area (Å²) in [5.74, 6) is -0.636. The molecule has 1 saturated heterocycles. The summed E-state index contributed by atoms with van der Waals surface area (Å²) in [6, 6.07) is 13.9. The van der Waals surface area contributed by atoms with Gasteiger partial charge >= 0.3 is 0 Å². The number of piperazine rings is 1. The molecule has 1 fully saturated rings. The fraction of sp³-hybridized carbons (Fsp3) is 0.407. The molecule has 0 unspecified atom stereocenters. The van der Waals surface area contributed by atoms with Crippen LogP contribution >= 0.6 is 0 Å². The van der Waals surface area contributed by atoms with Gasteiger partial charge in [-0.1, -0.05) is 25.1 Å². The number of hydrogen-bond donors (Lipinski definition) is 2. The van der Waals surface area contributed by atoms with E-state index in [1.165, 1.54) is 17.7 Å². The highest BCUT2D eigenvalue weighted by Gasteiger charge is 2.12. The Hall–Kier alpha value is -2.94. The molecule has 0 bridgehead atoms. The first-order valence-electron chi connectivity index (χ1n) is 12.4. The van der Waals surface area contributed by atoms with Crippen molar-refractivity contribution in [1.29, 1.82) is 0 Å². The van der Waals surface area contributed by atoms with Crippen molar-refractivity contribution in [3.05, 3.63) is 77.5 Å². The predicted octanol–water partition coefficient (Wildman–Crippen LogP) is 3.80. The molecule has 1 aliphatic heterocycles. The van der Waals surface area contributed by atoms with Crippen LogP contribution in [0.2, 0.25) is 0 Å². The van der Waals surface area contributed by atoms with Crippen LogP contribution in [0.5, 0.6) is 0 Å². The first-order valence-corrected chi connectivity index (χ1v) is 12.4. The molecule has 8 heteroatoms. The third kappa shape index (κ3) is 7.78. The molecular weight excluding hydrogens is 446 g/mol. The van der Waals surface area contributed by atoms with Gasteiger partial charge in [-0.2, -0.15) is 0 Å². The largest absolute Gasteiger partial charge is 0.354 e. The summed E-state index contributed by atoms with van der Waals surface area (Å²) in [6.45, 7) is 11.1. The second kappa shape index (κ2) is 12.7. The second-order valence-electron chi connectivity index (χ2n) is 8.88. The van der Waals surface area contributed by atoms with Crippen molar-refractivity contribution in [2.24, 2.45) is 0 Å². The molecule has 1 aromatic heterocycles. The van der Waals surface area contributed by atoms with Crippen LogP contribution in [-0.2, 0) is 13.0 Å². The molecule has 6 nitrogen and oxygen atoms in total. The Kier molecular flexibility index (Phi) is 9.11. The third-order valence-corrected chi connectivity index (χ3v) is 6.29. The number of anilines is 1. The Morgan fingerprint density at radius 3 is 2.60 bits per heavy atom. The van der Waals surface area contributed by atoms with Crippen molar-refractivity contribution < 1.29 is 8.78 Å². The highest BCUT2D eigenvalue weighted by molar-refractivity contribution is 5.60. The van der Waals surface area contributed by atoms with Gasteiger partial charge in [-0.15, -0.1) is 0 Å². The van der Waals surface area contributed by atoms with Crippen LogP contribution in [0.3, 0.4) is 0 Å². The zero-order valence-corrected chi connectivity index (χ0v) is 20.3. The highest BCUT2D eigenvalue weighted by Crippen LogP contribution is 2.20. The molecule has 0 spiro atoms. The molecule has 2 N–H and O–H groups in total. The highest BCUT2D eigenvalue weighted by atomic mass is 19.1. The fourth-order valence-electron chi connectivity index (χ4n) is 4.33. The average Bonchev–Trinajstić information content (AvgIpc) is 2.87. The number of hydrogen-bond acceptors (Lipinski definition) is 6. The van der Waals surface area contributed by atoms with Crippen LogP contribution in [0, 0.1) is 11.6 Å². The fourth-order valence-corrected chi connectivity index (χ4v) is 4.33. The smallest absolute Gasteiger partial charge is 0.223 e. The molecule has 0 saturated carbocycles. The van der Waals surface area contributed by atoms with E-state index in [2.05, 4.69) is 61.6 Å². The van der Waals surface area contributed by atoms with Crippen LogP contribution in [0.1, 0.15) is 18.1 Å². The molecule has 4 rings (SSSR count). The number of nitrogens with zero attached hydrogens (tertiary/aromatic N) is 4. The lowest BCUT2D eigenvalue weighted by molar-refractivity contribution is 0.189. The number of nitrogens with one attached hydrogen (secondary N) is 2. The van der Waals surface area contributed by atoms with Crippen LogP contribution in [0.25, 0.3) is 11.3 Å². The lowest BCUT2D eigenvalue weighted by atomic mass is 10.1. The molecule has 0 atom stereocenters. The maximum absolute atomic E-state index is 13.4. The lowest BCUT2D eigenvalue weighted by Crippen LogP contribution is -2.46. The van der Waals surface area contributed by atoms with E-state index in [4.69, 9.17) is 0 Å². The molecule has 2 aromatic carbocycles. The van der Waals surface area contributed by atoms with Gasteiger partial charge in [0.15, 0.2) is 0 Å². The van der Waals surface area contributed by atoms with Gasteiger partial charge in [0.2, 0.25) is 5.95 Å². The number of likely N-dealkylation sites (N-methyl/N-ethyl adjacent to an activating group) is 1. The summed E-state index contributed by atoms with van der Waals surface area (Å²) < 4.78 is 26.8. The Bertz CT molecular complexity index is 1070. The van der Waals surface area contributed by atoms with Gasteiger partial charge in [0.25, 0.3) is 0 Å². The van der Waals surface area contributed by atoms with Crippen molar-refractivity contribution in [3.63, 3.8) is 0 Å². The minimum atomic E-state index is -0.566. The zero-order valence-electron chi connectivity index (χ0n) is 20.3. The van der Waals surface area contributed by atoms with E-state index in [0.717, 1.165) is 69.7 Å². The van der Waals surface area contributed by atoms with E-state index < -0.39 is 11.6 Å². The van der Waals surface area contributed by atoms with Gasteiger partial charge in [-0.05, 0) is 48.4 Å². The van der Waals surface area contributed by atoms with Crippen LogP contribution < -0.4 is 10.6 Å². The molecule has 0 amide bonds. The first-order chi connectivity index (χ1) is 17.1. The zero-order chi connectivity index (χ0) is 24.5. The van der Waals surface area contributed by atoms with Gasteiger partial charge in [-0.3, -0.25) is 9.80 Å². The number of halogens is 2. The first kappa shape index (κ1) is 25.2. The summed E-state index contributed by atoms with van der Waals surface area (Å²) >= 11 is 0. The summed E-state index contributed by atoms with van der Waals surface area (Å²) in [6.07, 6.45) is 2.20. The molecule has 0 radical (unpaired) electrons. The van der Waals surface area contributed by atoms with E-state index in [9.17, 15) is 8.78 Å². The summed E-state index contributed by atoms with van der Waals surface area (Å²) in [4.78, 5) is 13.9. The summed E-state index contributed by atoms with van der Waals surface area (Å²) in [5, 5.41) is 6.57. The Balaban J connectivity index is 1.34. The van der Waals surface area contributed by atoms with E-state index in [1.54, 1.807) is 6.20 Å². The molecule has 1 aliphatic rings. The molecular formula is C27H34F2N6. The minimum Gasteiger partial charge on any atom is -0.354 e. The van der Waals surface area contributed by atoms with Gasteiger partial charge in [0, 0.05) is 70.2 Å². The van der Waals surface area contributed by atoms with Crippen molar-refractivity contribution in [3.8, 4) is 11.3 Å². The van der Waals surface area contributed by atoms with Gasteiger partial charge in [0.1, 0.15) is 11.6 Å². The maximum Gasteiger partial charge on any atom is 0.223 e. The standard InChI is InChI=1S/C27H34F2N6/c1-2-34(14-15-35-12-10-30-11-13-35)20-22-4-3-5-23(16-22)26-7-9-32-27(33-26)31-8-6-21-17-24(28)19-25(29)18-21/h3-5,7,9,16-19,30H,2,6,8,10-15,20H2,1H3,(H,31,32,33). The van der Waals surface area contributed by atoms with Crippen molar-refractivity contribution in [2.75, 3.05) is 57.7 Å². The quantitative estimate of drug-likeness (QED) is 0.435. The lowest BCUT2D eigenvalue weighted by Gasteiger charge is -2.30. The summed E-state index contributed by atoms with van der Waals surface area (Å²) in [7, 11) is 0. The average molecular weight is 481 g/mol. The van der Waals surface area contributed by atoms with Crippen molar-refractivity contribution >= 4 is 5.95 Å². The molecule has 3 aromatic rings. The SMILES string of the molecule is CCN(CCN1CCNCC1)Cc1cccc(-c2ccnc(NCCc3cc(F)cc(F)c3)n2)c1. The van der Waals surface area contributed by atoms with Crippen molar-refractivity contribution in [2.45, 2.75) is 19.9 Å². The van der Waals surface area contributed by atoms with Crippen LogP contribution in [0.15, 0.2) is 54.7 Å². The third-order valence-electron chi connectivity index (χ3n) is 6.29. The van der Waals surface area contributed by atoms with Gasteiger partial charge in [0.05, 0.1) is 5.69 Å². The number of aromatic nitrogens is 2. The second-order valence-corrected chi connectivity index (χ2v) is 8.88. The van der Waals surface area contributed by atoms with Crippen LogP contribution in [-0.4, -0.2) is 72.1 Å². The topological polar surface area (TPSA) is 56.3 Å². The van der Waals surface area contributed by atoms with E-state index >= 15 is 0 Å². The van der Waals surface area contributed by atoms with Crippen molar-refractivity contribution in [1.82, 2.24) is 25.1 Å². The molecule has 2 heterocycles. The van der Waals surface area contributed by atoms with E-state index in [0.29, 0.717) is 24.5 Å². The van der Waals surface area contributed by atoms with E-state index in [1.807, 2.05) is 6.07 Å². The number of benzene rings is 2. The maximum atomic E-state index is 13.4. The summed E-state index contributed by atoms with van der Waals surface area (Å²) in [5.41, 5.74) is 3.73. The minimum absolute atomic E-state index is 0.471. The van der Waals surface area contributed by atoms with E-state index in [-0.39, 0.29) is 0 Å². The Morgan fingerprint density at radius 2 is 1.83 bits per heavy atom. The van der Waals surface area contributed by atoms with Gasteiger partial charge < -0.3 is 10.6 Å². The molecule has 0 aliphatic carbocycles. The molecule has 35 heavy (non-hydrogen) atoms. The predicted molar refractivity (Wildman–Crippen MR) is 136 cm³/mol.